The maximum atomic E-state index is 14.4. The van der Waals surface area contributed by atoms with E-state index in [2.05, 4.69) is 46.6 Å². The second-order valence-electron chi connectivity index (χ2n) is 9.28. The van der Waals surface area contributed by atoms with Crippen LogP contribution in [0.5, 0.6) is 0 Å². The van der Waals surface area contributed by atoms with Gasteiger partial charge in [-0.1, -0.05) is 37.8 Å². The first kappa shape index (κ1) is 25.9. The Balaban J connectivity index is 1.62. The average Bonchev–Trinajstić information content (AvgIpc) is 2.88. The molecule has 1 saturated carbocycles. The largest absolute Gasteiger partial charge is 0.394 e. The highest BCUT2D eigenvalue weighted by Gasteiger charge is 2.30. The van der Waals surface area contributed by atoms with Crippen LogP contribution in [0.1, 0.15) is 45.1 Å². The first-order valence-corrected chi connectivity index (χ1v) is 12.6. The molecule has 37 heavy (non-hydrogen) atoms. The molecule has 0 saturated heterocycles. The van der Waals surface area contributed by atoms with Crippen molar-refractivity contribution in [3.05, 3.63) is 78.5 Å². The molecule has 0 atom stereocenters. The molecule has 1 aliphatic rings. The number of aromatic nitrogens is 2. The summed E-state index contributed by atoms with van der Waals surface area (Å²) in [6, 6.07) is 14.6. The van der Waals surface area contributed by atoms with E-state index in [1.54, 1.807) is 24.4 Å². The van der Waals surface area contributed by atoms with Gasteiger partial charge in [0, 0.05) is 24.7 Å². The van der Waals surface area contributed by atoms with E-state index in [1.165, 1.54) is 18.6 Å². The number of nitrogens with two attached hydrogens (primary N) is 1. The van der Waals surface area contributed by atoms with Gasteiger partial charge in [0.2, 0.25) is 11.9 Å². The normalized spacial score (nSPS) is 17.1. The van der Waals surface area contributed by atoms with Crippen LogP contribution in [-0.2, 0) is 11.2 Å². The number of hydrogen-bond acceptors (Lipinski definition) is 7. The third kappa shape index (κ3) is 6.55. The molecule has 0 bridgehead atoms. The van der Waals surface area contributed by atoms with Crippen molar-refractivity contribution in [3.8, 4) is 0 Å². The van der Waals surface area contributed by atoms with Gasteiger partial charge in [-0.05, 0) is 61.9 Å². The third-order valence-electron chi connectivity index (χ3n) is 6.56. The lowest BCUT2D eigenvalue weighted by molar-refractivity contribution is -0.119. The Hall–Kier alpha value is -4.14. The van der Waals surface area contributed by atoms with Gasteiger partial charge in [0.1, 0.15) is 11.6 Å². The lowest BCUT2D eigenvalue weighted by Crippen LogP contribution is -2.44. The van der Waals surface area contributed by atoms with Crippen molar-refractivity contribution in [3.63, 3.8) is 0 Å². The molecular weight excluding hydrogens is 469 g/mol. The Morgan fingerprint density at radius 3 is 2.49 bits per heavy atom. The van der Waals surface area contributed by atoms with Crippen molar-refractivity contribution in [2.75, 3.05) is 21.3 Å². The lowest BCUT2D eigenvalue weighted by Gasteiger charge is -2.39. The Morgan fingerprint density at radius 2 is 1.84 bits per heavy atom. The molecule has 5 N–H and O–H groups in total. The van der Waals surface area contributed by atoms with E-state index < -0.39 is 0 Å². The Morgan fingerprint density at radius 1 is 1.14 bits per heavy atom. The van der Waals surface area contributed by atoms with Gasteiger partial charge in [-0.25, -0.2) is 9.37 Å². The Bertz CT molecular complexity index is 1240. The highest BCUT2D eigenvalue weighted by atomic mass is 19.1. The van der Waals surface area contributed by atoms with Gasteiger partial charge in [0.25, 0.3) is 0 Å². The zero-order chi connectivity index (χ0) is 26.4. The minimum absolute atomic E-state index is 0.00864. The molecule has 0 radical (unpaired) electrons. The number of hydrogen-bond donors (Lipinski definition) is 4. The second kappa shape index (κ2) is 11.7. The van der Waals surface area contributed by atoms with Crippen LogP contribution < -0.4 is 26.6 Å². The molecule has 3 aromatic rings. The van der Waals surface area contributed by atoms with Gasteiger partial charge in [0.15, 0.2) is 5.82 Å². The summed E-state index contributed by atoms with van der Waals surface area (Å²) in [5.41, 5.74) is 9.18. The summed E-state index contributed by atoms with van der Waals surface area (Å²) in [4.78, 5) is 22.6. The van der Waals surface area contributed by atoms with Crippen LogP contribution in [0.25, 0.3) is 0 Å². The van der Waals surface area contributed by atoms with E-state index in [9.17, 15) is 9.18 Å². The van der Waals surface area contributed by atoms with Crippen LogP contribution in [0.15, 0.2) is 67.1 Å². The molecule has 0 spiro atoms. The molecule has 1 amide bonds. The van der Waals surface area contributed by atoms with Crippen LogP contribution >= 0.6 is 0 Å². The number of carbonyl (C=O) groups excluding carboxylic acids is 1. The predicted molar refractivity (Wildman–Crippen MR) is 147 cm³/mol. The van der Waals surface area contributed by atoms with E-state index in [-0.39, 0.29) is 23.8 Å². The average molecular weight is 504 g/mol. The standard InChI is InChI=1S/C28H34FN7O/c1-4-20-9-11-22(12-10-20)34-28-31-17-25(30)27(35-28)36(18(2)32-26-8-6-5-7-24(26)29)23-15-13-21(14-16-23)33-19(3)37/h5-12,17,21,23,32H,2,4,13-16,30H2,1,3H3,(H,33,37)(H,31,34,35). The topological polar surface area (TPSA) is 108 Å². The summed E-state index contributed by atoms with van der Waals surface area (Å²) in [7, 11) is 0. The summed E-state index contributed by atoms with van der Waals surface area (Å²) in [5.74, 6) is 0.917. The molecule has 0 unspecified atom stereocenters. The van der Waals surface area contributed by atoms with Gasteiger partial charge in [-0.3, -0.25) is 4.79 Å². The molecule has 194 valence electrons. The maximum absolute atomic E-state index is 14.4. The zero-order valence-corrected chi connectivity index (χ0v) is 21.3. The first-order valence-electron chi connectivity index (χ1n) is 12.6. The van der Waals surface area contributed by atoms with Gasteiger partial charge < -0.3 is 26.6 Å². The zero-order valence-electron chi connectivity index (χ0n) is 21.3. The fraction of sp³-hybridized carbons (Fsp3) is 0.321. The maximum Gasteiger partial charge on any atom is 0.229 e. The van der Waals surface area contributed by atoms with Gasteiger partial charge in [0.05, 0.1) is 17.6 Å². The first-order chi connectivity index (χ1) is 17.8. The third-order valence-corrected chi connectivity index (χ3v) is 6.56. The molecule has 2 aromatic carbocycles. The van der Waals surface area contributed by atoms with Crippen molar-refractivity contribution < 1.29 is 9.18 Å². The summed E-state index contributed by atoms with van der Waals surface area (Å²) in [6.45, 7) is 7.87. The SMILES string of the molecule is C=C(Nc1ccccc1F)N(c1nc(Nc2ccc(CC)cc2)ncc1N)C1CCC(NC(C)=O)CC1. The van der Waals surface area contributed by atoms with Crippen LogP contribution in [0.3, 0.4) is 0 Å². The number of para-hydroxylation sites is 1. The second-order valence-corrected chi connectivity index (χ2v) is 9.28. The highest BCUT2D eigenvalue weighted by Crippen LogP contribution is 2.34. The number of rotatable bonds is 9. The van der Waals surface area contributed by atoms with E-state index in [1.807, 2.05) is 17.0 Å². The van der Waals surface area contributed by atoms with Crippen LogP contribution in [0.4, 0.5) is 33.2 Å². The quantitative estimate of drug-likeness (QED) is 0.312. The smallest absolute Gasteiger partial charge is 0.229 e. The summed E-state index contributed by atoms with van der Waals surface area (Å²) >= 11 is 0. The van der Waals surface area contributed by atoms with Crippen LogP contribution in [0, 0.1) is 5.82 Å². The minimum Gasteiger partial charge on any atom is -0.394 e. The fourth-order valence-corrected chi connectivity index (χ4v) is 4.65. The molecule has 1 aromatic heterocycles. The van der Waals surface area contributed by atoms with E-state index in [0.29, 0.717) is 29.0 Å². The van der Waals surface area contributed by atoms with Gasteiger partial charge in [-0.2, -0.15) is 4.98 Å². The molecule has 1 aliphatic carbocycles. The van der Waals surface area contributed by atoms with Crippen LogP contribution in [-0.4, -0.2) is 28.0 Å². The Kier molecular flexibility index (Phi) is 8.22. The Labute approximate surface area is 217 Å². The number of nitrogens with zero attached hydrogens (tertiary/aromatic N) is 3. The number of amides is 1. The van der Waals surface area contributed by atoms with Gasteiger partial charge in [-0.15, -0.1) is 0 Å². The molecular formula is C28H34FN7O. The predicted octanol–water partition coefficient (Wildman–Crippen LogP) is 5.34. The minimum atomic E-state index is -0.383. The van der Waals surface area contributed by atoms with Gasteiger partial charge >= 0.3 is 0 Å². The number of halogens is 1. The van der Waals surface area contributed by atoms with E-state index >= 15 is 0 Å². The van der Waals surface area contributed by atoms with E-state index in [4.69, 9.17) is 10.7 Å². The van der Waals surface area contributed by atoms with Crippen molar-refractivity contribution in [2.24, 2.45) is 0 Å². The van der Waals surface area contributed by atoms with Crippen molar-refractivity contribution >= 4 is 34.7 Å². The summed E-state index contributed by atoms with van der Waals surface area (Å²) in [6.07, 6.45) is 5.67. The fourth-order valence-electron chi connectivity index (χ4n) is 4.65. The van der Waals surface area contributed by atoms with Crippen molar-refractivity contribution in [2.45, 2.75) is 58.0 Å². The molecule has 1 heterocycles. The molecule has 9 heteroatoms. The molecule has 4 rings (SSSR count). The summed E-state index contributed by atoms with van der Waals surface area (Å²) in [5, 5.41) is 9.36. The van der Waals surface area contributed by atoms with Crippen LogP contribution in [0.2, 0.25) is 0 Å². The monoisotopic (exact) mass is 503 g/mol. The number of nitrogens with one attached hydrogen (secondary N) is 3. The number of benzene rings is 2. The summed E-state index contributed by atoms with van der Waals surface area (Å²) < 4.78 is 14.4. The number of nitrogen functional groups attached to an aromatic ring is 1. The molecule has 1 fully saturated rings. The molecule has 8 nitrogen and oxygen atoms in total. The van der Waals surface area contributed by atoms with Crippen molar-refractivity contribution in [1.29, 1.82) is 0 Å². The van der Waals surface area contributed by atoms with E-state index in [0.717, 1.165) is 37.8 Å². The van der Waals surface area contributed by atoms with Crippen molar-refractivity contribution in [1.82, 2.24) is 15.3 Å². The number of carbonyl (C=O) groups is 1. The molecule has 0 aliphatic heterocycles. The highest BCUT2D eigenvalue weighted by molar-refractivity contribution is 5.73. The lowest BCUT2D eigenvalue weighted by atomic mass is 9.90. The number of anilines is 5. The number of aryl methyl sites for hydroxylation is 1.